The lowest BCUT2D eigenvalue weighted by atomic mass is 9.49. The number of nitrogens with zero attached hydrogens (tertiary/aromatic N) is 2. The maximum absolute atomic E-state index is 12.4. The van der Waals surface area contributed by atoms with Crippen LogP contribution in [0.2, 0.25) is 0 Å². The van der Waals surface area contributed by atoms with Crippen molar-refractivity contribution >= 4 is 5.65 Å². The van der Waals surface area contributed by atoms with Crippen molar-refractivity contribution in [1.29, 1.82) is 0 Å². The minimum Gasteiger partial charge on any atom is -0.341 e. The molecule has 2 N–H and O–H groups in total. The summed E-state index contributed by atoms with van der Waals surface area (Å²) in [7, 11) is 0. The van der Waals surface area contributed by atoms with Crippen LogP contribution in [0.3, 0.4) is 0 Å². The molecule has 132 valence electrons. The molecule has 6 rings (SSSR count). The van der Waals surface area contributed by atoms with E-state index >= 15 is 0 Å². The lowest BCUT2D eigenvalue weighted by Crippen LogP contribution is -2.86. The molecular formula is C21H28N3O+. The van der Waals surface area contributed by atoms with Crippen molar-refractivity contribution in [1.82, 2.24) is 9.38 Å². The van der Waals surface area contributed by atoms with E-state index in [1.165, 1.54) is 45.1 Å². The predicted octanol–water partition coefficient (Wildman–Crippen LogP) is 2.28. The molecule has 4 fully saturated rings. The van der Waals surface area contributed by atoms with E-state index in [4.69, 9.17) is 4.98 Å². The Balaban J connectivity index is 1.31. The number of hydrogen-bond donors (Lipinski definition) is 1. The summed E-state index contributed by atoms with van der Waals surface area (Å²) in [5, 5.41) is 2.42. The van der Waals surface area contributed by atoms with Gasteiger partial charge in [0.1, 0.15) is 17.9 Å². The number of aromatic nitrogens is 2. The molecule has 0 spiro atoms. The normalized spacial score (nSPS) is 33.2. The fraction of sp³-hybridized carbons (Fsp3) is 0.619. The minimum atomic E-state index is 0.0429. The highest BCUT2D eigenvalue weighted by Crippen LogP contribution is 2.59. The topological polar surface area (TPSA) is 51.0 Å². The van der Waals surface area contributed by atoms with Crippen molar-refractivity contribution in [2.75, 3.05) is 6.54 Å². The van der Waals surface area contributed by atoms with Crippen molar-refractivity contribution in [2.45, 2.75) is 52.0 Å². The number of fused-ring (bicyclic) bond motifs is 1. The van der Waals surface area contributed by atoms with Gasteiger partial charge in [0.15, 0.2) is 0 Å². The zero-order chi connectivity index (χ0) is 17.0. The zero-order valence-electron chi connectivity index (χ0n) is 15.1. The predicted molar refractivity (Wildman–Crippen MR) is 97.3 cm³/mol. The molecule has 2 heterocycles. The van der Waals surface area contributed by atoms with E-state index < -0.39 is 0 Å². The van der Waals surface area contributed by atoms with Crippen LogP contribution in [0.4, 0.5) is 0 Å². The van der Waals surface area contributed by atoms with Crippen LogP contribution in [-0.4, -0.2) is 15.9 Å². The van der Waals surface area contributed by atoms with Crippen LogP contribution in [0, 0.1) is 30.1 Å². The van der Waals surface area contributed by atoms with Gasteiger partial charge in [0.2, 0.25) is 0 Å². The second-order valence-electron chi connectivity index (χ2n) is 9.06. The van der Waals surface area contributed by atoms with Gasteiger partial charge in [-0.1, -0.05) is 6.07 Å². The molecule has 4 aliphatic carbocycles. The van der Waals surface area contributed by atoms with Gasteiger partial charge in [-0.25, -0.2) is 4.98 Å². The number of nitrogens with two attached hydrogens (primary N) is 1. The number of quaternary nitrogens is 1. The molecule has 2 aromatic rings. The van der Waals surface area contributed by atoms with Crippen LogP contribution in [0.15, 0.2) is 29.1 Å². The molecule has 0 radical (unpaired) electrons. The SMILES string of the molecule is Cc1cccc2nc(C[NH2+]CC34CC5CC(CC(C5)C3)C4)cc(=O)n12. The maximum atomic E-state index is 12.4. The first-order valence-electron chi connectivity index (χ1n) is 9.90. The molecule has 0 aliphatic heterocycles. The number of aryl methyl sites for hydroxylation is 1. The number of rotatable bonds is 4. The highest BCUT2D eigenvalue weighted by Gasteiger charge is 2.51. The highest BCUT2D eigenvalue weighted by atomic mass is 16.1. The van der Waals surface area contributed by atoms with Crippen LogP contribution in [-0.2, 0) is 6.54 Å². The van der Waals surface area contributed by atoms with Gasteiger partial charge in [0.25, 0.3) is 5.56 Å². The van der Waals surface area contributed by atoms with Crippen LogP contribution in [0.1, 0.15) is 49.9 Å². The maximum Gasteiger partial charge on any atom is 0.258 e. The molecule has 4 heteroatoms. The van der Waals surface area contributed by atoms with E-state index in [0.29, 0.717) is 5.41 Å². The summed E-state index contributed by atoms with van der Waals surface area (Å²) in [4.78, 5) is 17.1. The van der Waals surface area contributed by atoms with Gasteiger partial charge in [0.05, 0.1) is 6.54 Å². The van der Waals surface area contributed by atoms with Gasteiger partial charge in [0, 0.05) is 17.2 Å². The number of pyridine rings is 1. The molecule has 0 atom stereocenters. The third kappa shape index (κ3) is 2.71. The van der Waals surface area contributed by atoms with E-state index in [9.17, 15) is 4.79 Å². The van der Waals surface area contributed by atoms with Crippen LogP contribution in [0.5, 0.6) is 0 Å². The van der Waals surface area contributed by atoms with Gasteiger partial charge < -0.3 is 5.32 Å². The molecule has 25 heavy (non-hydrogen) atoms. The van der Waals surface area contributed by atoms with Crippen molar-refractivity contribution in [3.63, 3.8) is 0 Å². The van der Waals surface area contributed by atoms with Crippen molar-refractivity contribution < 1.29 is 5.32 Å². The van der Waals surface area contributed by atoms with E-state index in [2.05, 4.69) is 5.32 Å². The Bertz CT molecular complexity index is 834. The number of hydrogen-bond acceptors (Lipinski definition) is 2. The first-order chi connectivity index (χ1) is 12.1. The van der Waals surface area contributed by atoms with Crippen molar-refractivity contribution in [2.24, 2.45) is 23.2 Å². The summed E-state index contributed by atoms with van der Waals surface area (Å²) in [6.07, 6.45) is 8.85. The summed E-state index contributed by atoms with van der Waals surface area (Å²) >= 11 is 0. The van der Waals surface area contributed by atoms with E-state index in [1.54, 1.807) is 10.5 Å². The smallest absolute Gasteiger partial charge is 0.258 e. The van der Waals surface area contributed by atoms with Gasteiger partial charge >= 0.3 is 0 Å². The summed E-state index contributed by atoms with van der Waals surface area (Å²) in [5.74, 6) is 3.02. The van der Waals surface area contributed by atoms with Gasteiger partial charge in [-0.3, -0.25) is 9.20 Å². The molecule has 4 saturated carbocycles. The average molecular weight is 338 g/mol. The van der Waals surface area contributed by atoms with E-state index in [0.717, 1.165) is 41.3 Å². The monoisotopic (exact) mass is 338 g/mol. The quantitative estimate of drug-likeness (QED) is 0.930. The largest absolute Gasteiger partial charge is 0.341 e. The minimum absolute atomic E-state index is 0.0429. The third-order valence-corrected chi connectivity index (χ3v) is 7.03. The highest BCUT2D eigenvalue weighted by molar-refractivity contribution is 5.40. The molecule has 2 aromatic heterocycles. The zero-order valence-corrected chi connectivity index (χ0v) is 15.1. The van der Waals surface area contributed by atoms with E-state index in [-0.39, 0.29) is 5.56 Å². The Morgan fingerprint density at radius 3 is 2.52 bits per heavy atom. The Morgan fingerprint density at radius 2 is 1.84 bits per heavy atom. The Labute approximate surface area is 148 Å². The fourth-order valence-electron chi connectivity index (χ4n) is 6.53. The molecule has 0 amide bonds. The Morgan fingerprint density at radius 1 is 1.16 bits per heavy atom. The van der Waals surface area contributed by atoms with Crippen molar-refractivity contribution in [3.05, 3.63) is 46.0 Å². The molecular weight excluding hydrogens is 310 g/mol. The molecule has 0 unspecified atom stereocenters. The molecule has 4 nitrogen and oxygen atoms in total. The summed E-state index contributed by atoms with van der Waals surface area (Å²) in [6, 6.07) is 7.57. The second-order valence-corrected chi connectivity index (χ2v) is 9.06. The summed E-state index contributed by atoms with van der Waals surface area (Å²) in [6.45, 7) is 3.99. The third-order valence-electron chi connectivity index (χ3n) is 7.03. The lowest BCUT2D eigenvalue weighted by Gasteiger charge is -2.55. The first-order valence-corrected chi connectivity index (χ1v) is 9.90. The average Bonchev–Trinajstić information content (AvgIpc) is 2.53. The molecule has 0 saturated heterocycles. The molecule has 4 bridgehead atoms. The summed E-state index contributed by atoms with van der Waals surface area (Å²) < 4.78 is 1.70. The van der Waals surface area contributed by atoms with Gasteiger partial charge in [-0.2, -0.15) is 0 Å². The van der Waals surface area contributed by atoms with E-state index in [1.807, 2.05) is 25.1 Å². The lowest BCUT2D eigenvalue weighted by molar-refractivity contribution is -0.684. The second kappa shape index (κ2) is 5.66. The van der Waals surface area contributed by atoms with Crippen LogP contribution >= 0.6 is 0 Å². The molecule has 4 aliphatic rings. The van der Waals surface area contributed by atoms with Gasteiger partial charge in [-0.15, -0.1) is 0 Å². The summed E-state index contributed by atoms with van der Waals surface area (Å²) in [5.41, 5.74) is 3.25. The first kappa shape index (κ1) is 15.6. The van der Waals surface area contributed by atoms with Gasteiger partial charge in [-0.05, 0) is 75.3 Å². The molecule has 0 aromatic carbocycles. The van der Waals surface area contributed by atoms with Crippen molar-refractivity contribution in [3.8, 4) is 0 Å². The Kier molecular flexibility index (Phi) is 3.53. The van der Waals surface area contributed by atoms with Crippen LogP contribution < -0.4 is 10.9 Å². The fourth-order valence-corrected chi connectivity index (χ4v) is 6.53. The standard InChI is InChI=1S/C21H27N3O/c1-14-3-2-4-19-23-18(8-20(25)24(14)19)12-22-13-21-9-15-5-16(10-21)7-17(6-15)11-21/h2-4,8,15-17,22H,5-7,9-13H2,1H3/p+1. The van der Waals surface area contributed by atoms with Crippen LogP contribution in [0.25, 0.3) is 5.65 Å². The Hall–Kier alpha value is -1.68.